The average Bonchev–Trinajstić information content (AvgIpc) is 2.97. The summed E-state index contributed by atoms with van der Waals surface area (Å²) in [5.41, 5.74) is 1.07. The zero-order valence-electron chi connectivity index (χ0n) is 10.1. The first-order valence-electron chi connectivity index (χ1n) is 6.44. The Morgan fingerprint density at radius 2 is 2.18 bits per heavy atom. The predicted octanol–water partition coefficient (Wildman–Crippen LogP) is 2.30. The lowest BCUT2D eigenvalue weighted by Crippen LogP contribution is -2.32. The second kappa shape index (κ2) is 4.13. The maximum Gasteiger partial charge on any atom is 0.223 e. The summed E-state index contributed by atoms with van der Waals surface area (Å²) >= 11 is 0. The smallest absolute Gasteiger partial charge is 0.223 e. The van der Waals surface area contributed by atoms with Crippen LogP contribution in [0.1, 0.15) is 37.8 Å². The molecule has 3 atom stereocenters. The third-order valence-corrected chi connectivity index (χ3v) is 4.16. The van der Waals surface area contributed by atoms with Gasteiger partial charge < -0.3 is 5.32 Å². The van der Waals surface area contributed by atoms with Gasteiger partial charge in [-0.1, -0.05) is 6.07 Å². The summed E-state index contributed by atoms with van der Waals surface area (Å²) in [6, 6.07) is 3.97. The summed E-state index contributed by atoms with van der Waals surface area (Å²) in [6.45, 7) is 2.02. The number of nitrogens with one attached hydrogen (secondary N) is 1. The largest absolute Gasteiger partial charge is 0.349 e. The minimum absolute atomic E-state index is 0.0631. The topological polar surface area (TPSA) is 42.0 Å². The van der Waals surface area contributed by atoms with Gasteiger partial charge in [-0.3, -0.25) is 9.78 Å². The highest BCUT2D eigenvalue weighted by Gasteiger charge is 2.48. The molecule has 0 radical (unpaired) electrons. The molecule has 1 heterocycles. The van der Waals surface area contributed by atoms with Gasteiger partial charge in [0.05, 0.1) is 6.04 Å². The Hall–Kier alpha value is -1.38. The Labute approximate surface area is 102 Å². The number of fused-ring (bicyclic) bond motifs is 1. The number of hydrogen-bond donors (Lipinski definition) is 1. The van der Waals surface area contributed by atoms with Crippen molar-refractivity contribution in [2.75, 3.05) is 0 Å². The number of hydrogen-bond acceptors (Lipinski definition) is 2. The number of pyridine rings is 1. The van der Waals surface area contributed by atoms with Gasteiger partial charge in [0.2, 0.25) is 5.91 Å². The first-order chi connectivity index (χ1) is 8.24. The number of carbonyl (C=O) groups excluding carboxylic acids is 1. The molecule has 1 aromatic rings. The van der Waals surface area contributed by atoms with Crippen LogP contribution in [0.2, 0.25) is 0 Å². The second-order valence-corrected chi connectivity index (χ2v) is 5.44. The van der Waals surface area contributed by atoms with Crippen molar-refractivity contribution in [3.63, 3.8) is 0 Å². The Balaban J connectivity index is 1.57. The second-order valence-electron chi connectivity index (χ2n) is 5.44. The van der Waals surface area contributed by atoms with E-state index in [4.69, 9.17) is 0 Å². The molecule has 0 saturated heterocycles. The number of amides is 1. The molecule has 1 N–H and O–H groups in total. The number of rotatable bonds is 3. The molecule has 0 spiro atoms. The Morgan fingerprint density at radius 1 is 1.41 bits per heavy atom. The van der Waals surface area contributed by atoms with Crippen molar-refractivity contribution in [3.8, 4) is 0 Å². The van der Waals surface area contributed by atoms with E-state index in [-0.39, 0.29) is 17.9 Å². The SMILES string of the molecule is CC(NC(=O)C1CC2CC2C1)c1cccnc1. The molecule has 3 unspecified atom stereocenters. The van der Waals surface area contributed by atoms with Crippen molar-refractivity contribution in [1.29, 1.82) is 0 Å². The fourth-order valence-corrected chi connectivity index (χ4v) is 2.98. The van der Waals surface area contributed by atoms with Gasteiger partial charge in [0, 0.05) is 18.3 Å². The molecule has 1 aromatic heterocycles. The molecule has 90 valence electrons. The van der Waals surface area contributed by atoms with E-state index in [2.05, 4.69) is 10.3 Å². The summed E-state index contributed by atoms with van der Waals surface area (Å²) in [5, 5.41) is 3.10. The summed E-state index contributed by atoms with van der Waals surface area (Å²) in [7, 11) is 0. The first kappa shape index (κ1) is 10.8. The van der Waals surface area contributed by atoms with Gasteiger partial charge in [0.25, 0.3) is 0 Å². The van der Waals surface area contributed by atoms with E-state index >= 15 is 0 Å². The van der Waals surface area contributed by atoms with Crippen LogP contribution in [0.5, 0.6) is 0 Å². The van der Waals surface area contributed by atoms with Gasteiger partial charge in [-0.15, -0.1) is 0 Å². The molecular weight excluding hydrogens is 212 g/mol. The lowest BCUT2D eigenvalue weighted by Gasteiger charge is -2.17. The highest BCUT2D eigenvalue weighted by atomic mass is 16.1. The Morgan fingerprint density at radius 3 is 2.82 bits per heavy atom. The molecule has 3 nitrogen and oxygen atoms in total. The monoisotopic (exact) mass is 230 g/mol. The van der Waals surface area contributed by atoms with Crippen molar-refractivity contribution >= 4 is 5.91 Å². The molecule has 1 amide bonds. The van der Waals surface area contributed by atoms with Crippen LogP contribution in [-0.4, -0.2) is 10.9 Å². The van der Waals surface area contributed by atoms with Gasteiger partial charge in [-0.2, -0.15) is 0 Å². The third-order valence-electron chi connectivity index (χ3n) is 4.16. The van der Waals surface area contributed by atoms with E-state index in [0.29, 0.717) is 0 Å². The zero-order chi connectivity index (χ0) is 11.8. The third kappa shape index (κ3) is 2.19. The van der Waals surface area contributed by atoms with Crippen molar-refractivity contribution < 1.29 is 4.79 Å². The van der Waals surface area contributed by atoms with Gasteiger partial charge in [-0.05, 0) is 49.7 Å². The van der Waals surface area contributed by atoms with Gasteiger partial charge >= 0.3 is 0 Å². The van der Waals surface area contributed by atoms with E-state index in [1.54, 1.807) is 6.20 Å². The average molecular weight is 230 g/mol. The van der Waals surface area contributed by atoms with Crippen LogP contribution in [0.3, 0.4) is 0 Å². The molecule has 2 saturated carbocycles. The molecule has 2 aliphatic rings. The zero-order valence-corrected chi connectivity index (χ0v) is 10.1. The molecule has 17 heavy (non-hydrogen) atoms. The molecular formula is C14H18N2O. The van der Waals surface area contributed by atoms with Crippen LogP contribution in [0, 0.1) is 17.8 Å². The summed E-state index contributed by atoms with van der Waals surface area (Å²) in [5.74, 6) is 2.21. The van der Waals surface area contributed by atoms with Crippen LogP contribution < -0.4 is 5.32 Å². The Kier molecular flexibility index (Phi) is 2.61. The molecule has 2 fully saturated rings. The fourth-order valence-electron chi connectivity index (χ4n) is 2.98. The molecule has 3 rings (SSSR count). The molecule has 0 aliphatic heterocycles. The van der Waals surface area contributed by atoms with Gasteiger partial charge in [-0.25, -0.2) is 0 Å². The first-order valence-corrected chi connectivity index (χ1v) is 6.44. The highest BCUT2D eigenvalue weighted by molar-refractivity contribution is 5.79. The van der Waals surface area contributed by atoms with Gasteiger partial charge in [0.1, 0.15) is 0 Å². The lowest BCUT2D eigenvalue weighted by atomic mass is 10.0. The quantitative estimate of drug-likeness (QED) is 0.865. The van der Waals surface area contributed by atoms with Crippen LogP contribution >= 0.6 is 0 Å². The van der Waals surface area contributed by atoms with Crippen molar-refractivity contribution in [1.82, 2.24) is 10.3 Å². The van der Waals surface area contributed by atoms with E-state index in [1.807, 2.05) is 25.3 Å². The summed E-state index contributed by atoms with van der Waals surface area (Å²) < 4.78 is 0. The lowest BCUT2D eigenvalue weighted by molar-refractivity contribution is -0.125. The van der Waals surface area contributed by atoms with E-state index in [0.717, 1.165) is 30.2 Å². The van der Waals surface area contributed by atoms with Crippen LogP contribution in [0.25, 0.3) is 0 Å². The highest BCUT2D eigenvalue weighted by Crippen LogP contribution is 2.54. The van der Waals surface area contributed by atoms with Gasteiger partial charge in [0.15, 0.2) is 0 Å². The molecule has 3 heteroatoms. The Bertz CT molecular complexity index is 407. The molecule has 0 bridgehead atoms. The minimum atomic E-state index is 0.0631. The van der Waals surface area contributed by atoms with Crippen molar-refractivity contribution in [3.05, 3.63) is 30.1 Å². The van der Waals surface area contributed by atoms with Crippen LogP contribution in [-0.2, 0) is 4.79 Å². The summed E-state index contributed by atoms with van der Waals surface area (Å²) in [6.07, 6.45) is 7.15. The minimum Gasteiger partial charge on any atom is -0.349 e. The fraction of sp³-hybridized carbons (Fsp3) is 0.571. The summed E-state index contributed by atoms with van der Waals surface area (Å²) in [4.78, 5) is 16.1. The predicted molar refractivity (Wildman–Crippen MR) is 65.1 cm³/mol. The van der Waals surface area contributed by atoms with E-state index in [1.165, 1.54) is 6.42 Å². The molecule has 2 aliphatic carbocycles. The molecule has 0 aromatic carbocycles. The standard InChI is InChI=1S/C14H18N2O/c1-9(10-3-2-4-15-8-10)16-14(17)13-6-11-5-12(11)7-13/h2-4,8-9,11-13H,5-7H2,1H3,(H,16,17). The van der Waals surface area contributed by atoms with Crippen molar-refractivity contribution in [2.45, 2.75) is 32.2 Å². The van der Waals surface area contributed by atoms with E-state index < -0.39 is 0 Å². The number of carbonyl (C=O) groups is 1. The van der Waals surface area contributed by atoms with E-state index in [9.17, 15) is 4.79 Å². The maximum atomic E-state index is 12.1. The number of aromatic nitrogens is 1. The van der Waals surface area contributed by atoms with Crippen molar-refractivity contribution in [2.24, 2.45) is 17.8 Å². The number of nitrogens with zero attached hydrogens (tertiary/aromatic N) is 1. The normalized spacial score (nSPS) is 31.7. The maximum absolute atomic E-state index is 12.1. The van der Waals surface area contributed by atoms with Crippen LogP contribution in [0.15, 0.2) is 24.5 Å². The van der Waals surface area contributed by atoms with Crippen LogP contribution in [0.4, 0.5) is 0 Å².